The molecule has 1 atom stereocenters. The molecule has 2 aromatic heterocycles. The van der Waals surface area contributed by atoms with Crippen LogP contribution in [0.25, 0.3) is 10.2 Å². The van der Waals surface area contributed by atoms with Crippen LogP contribution in [0, 0.1) is 6.92 Å². The molecule has 1 unspecified atom stereocenters. The van der Waals surface area contributed by atoms with Crippen LogP contribution < -0.4 is 16.6 Å². The number of ether oxygens (including phenoxy) is 1. The summed E-state index contributed by atoms with van der Waals surface area (Å²) in [5.41, 5.74) is 2.51. The summed E-state index contributed by atoms with van der Waals surface area (Å²) in [5.74, 6) is 6.66. The third-order valence-electron chi connectivity index (χ3n) is 2.92. The van der Waals surface area contributed by atoms with Crippen molar-refractivity contribution in [3.8, 4) is 0 Å². The van der Waals surface area contributed by atoms with Gasteiger partial charge in [0.1, 0.15) is 10.6 Å². The normalized spacial score (nSPS) is 19.3. The summed E-state index contributed by atoms with van der Waals surface area (Å²) >= 11 is 1.64. The van der Waals surface area contributed by atoms with Crippen LogP contribution in [0.4, 0.5) is 11.8 Å². The van der Waals surface area contributed by atoms with Gasteiger partial charge < -0.3 is 10.1 Å². The zero-order valence-corrected chi connectivity index (χ0v) is 10.9. The minimum Gasteiger partial charge on any atom is -0.379 e. The van der Waals surface area contributed by atoms with Crippen molar-refractivity contribution in [2.45, 2.75) is 19.4 Å². The summed E-state index contributed by atoms with van der Waals surface area (Å²) in [6.07, 6.45) is 1.00. The van der Waals surface area contributed by atoms with E-state index < -0.39 is 0 Å². The molecule has 7 heteroatoms. The first-order valence-corrected chi connectivity index (χ1v) is 6.67. The number of hydrogen-bond acceptors (Lipinski definition) is 7. The van der Waals surface area contributed by atoms with E-state index in [9.17, 15) is 0 Å². The van der Waals surface area contributed by atoms with Crippen LogP contribution >= 0.6 is 11.3 Å². The van der Waals surface area contributed by atoms with E-state index in [1.807, 2.05) is 0 Å². The number of hydrazine groups is 1. The quantitative estimate of drug-likeness (QED) is 0.576. The molecule has 1 saturated heterocycles. The van der Waals surface area contributed by atoms with Crippen LogP contribution in [0.2, 0.25) is 0 Å². The SMILES string of the molecule is Cc1cc2c(NC3CCOC3)nc(NN)nc2s1. The average molecular weight is 265 g/mol. The Morgan fingerprint density at radius 2 is 2.39 bits per heavy atom. The summed E-state index contributed by atoms with van der Waals surface area (Å²) in [7, 11) is 0. The maximum Gasteiger partial charge on any atom is 0.240 e. The van der Waals surface area contributed by atoms with E-state index in [4.69, 9.17) is 10.6 Å². The van der Waals surface area contributed by atoms with Crippen molar-refractivity contribution in [2.24, 2.45) is 5.84 Å². The van der Waals surface area contributed by atoms with Crippen LogP contribution in [0.15, 0.2) is 6.07 Å². The maximum atomic E-state index is 5.40. The van der Waals surface area contributed by atoms with Crippen molar-refractivity contribution in [2.75, 3.05) is 24.0 Å². The van der Waals surface area contributed by atoms with Crippen molar-refractivity contribution in [1.29, 1.82) is 0 Å². The number of aryl methyl sites for hydroxylation is 1. The predicted molar refractivity (Wildman–Crippen MR) is 72.8 cm³/mol. The van der Waals surface area contributed by atoms with Crippen LogP contribution in [0.3, 0.4) is 0 Å². The van der Waals surface area contributed by atoms with Crippen LogP contribution in [-0.2, 0) is 4.74 Å². The third-order valence-corrected chi connectivity index (χ3v) is 3.86. The first-order chi connectivity index (χ1) is 8.76. The summed E-state index contributed by atoms with van der Waals surface area (Å²) in [6.45, 7) is 3.58. The maximum absolute atomic E-state index is 5.40. The van der Waals surface area contributed by atoms with Crippen LogP contribution in [-0.4, -0.2) is 29.2 Å². The number of nitrogen functional groups attached to an aromatic ring is 1. The molecular weight excluding hydrogens is 250 g/mol. The van der Waals surface area contributed by atoms with E-state index >= 15 is 0 Å². The predicted octanol–water partition coefficient (Wildman–Crippen LogP) is 1.49. The molecule has 3 rings (SSSR count). The van der Waals surface area contributed by atoms with Gasteiger partial charge in [0.05, 0.1) is 18.0 Å². The van der Waals surface area contributed by atoms with Crippen molar-refractivity contribution < 1.29 is 4.74 Å². The molecule has 6 nitrogen and oxygen atoms in total. The summed E-state index contributed by atoms with van der Waals surface area (Å²) in [5, 5.41) is 4.45. The highest BCUT2D eigenvalue weighted by Gasteiger charge is 2.18. The number of nitrogens with two attached hydrogens (primary N) is 1. The monoisotopic (exact) mass is 265 g/mol. The molecule has 1 aliphatic heterocycles. The molecule has 2 aromatic rings. The fraction of sp³-hybridized carbons (Fsp3) is 0.455. The van der Waals surface area contributed by atoms with E-state index in [1.165, 1.54) is 4.88 Å². The molecule has 0 spiro atoms. The molecule has 0 aromatic carbocycles. The van der Waals surface area contributed by atoms with Crippen molar-refractivity contribution in [1.82, 2.24) is 9.97 Å². The Labute approximate surface area is 109 Å². The lowest BCUT2D eigenvalue weighted by atomic mass is 10.2. The molecule has 0 radical (unpaired) electrons. The lowest BCUT2D eigenvalue weighted by Gasteiger charge is -2.12. The first kappa shape index (κ1) is 11.6. The Morgan fingerprint density at radius 3 is 3.11 bits per heavy atom. The average Bonchev–Trinajstić information content (AvgIpc) is 2.97. The van der Waals surface area contributed by atoms with Crippen molar-refractivity contribution >= 4 is 33.3 Å². The number of nitrogens with zero attached hydrogens (tertiary/aromatic N) is 2. The largest absolute Gasteiger partial charge is 0.379 e. The molecule has 3 heterocycles. The number of nitrogens with one attached hydrogen (secondary N) is 2. The second-order valence-corrected chi connectivity index (χ2v) is 5.56. The highest BCUT2D eigenvalue weighted by molar-refractivity contribution is 7.18. The van der Waals surface area contributed by atoms with Crippen LogP contribution in [0.1, 0.15) is 11.3 Å². The van der Waals surface area contributed by atoms with Gasteiger partial charge in [-0.05, 0) is 19.4 Å². The second-order valence-electron chi connectivity index (χ2n) is 4.32. The Bertz CT molecular complexity index is 564. The molecule has 18 heavy (non-hydrogen) atoms. The lowest BCUT2D eigenvalue weighted by Crippen LogP contribution is -2.21. The Balaban J connectivity index is 2.01. The van der Waals surface area contributed by atoms with Gasteiger partial charge in [0.15, 0.2) is 0 Å². The molecular formula is C11H15N5OS. The van der Waals surface area contributed by atoms with Gasteiger partial charge in [-0.25, -0.2) is 10.8 Å². The van der Waals surface area contributed by atoms with Gasteiger partial charge in [0.25, 0.3) is 0 Å². The number of anilines is 2. The highest BCUT2D eigenvalue weighted by Crippen LogP contribution is 2.30. The first-order valence-electron chi connectivity index (χ1n) is 5.85. The minimum absolute atomic E-state index is 0.314. The number of aromatic nitrogens is 2. The Morgan fingerprint density at radius 1 is 1.50 bits per heavy atom. The van der Waals surface area contributed by atoms with Gasteiger partial charge in [0, 0.05) is 11.5 Å². The van der Waals surface area contributed by atoms with E-state index in [1.54, 1.807) is 11.3 Å². The number of thiophene rings is 1. The molecule has 4 N–H and O–H groups in total. The zero-order valence-electron chi connectivity index (χ0n) is 10.1. The smallest absolute Gasteiger partial charge is 0.240 e. The van der Waals surface area contributed by atoms with E-state index in [-0.39, 0.29) is 0 Å². The molecule has 0 aliphatic carbocycles. The number of rotatable bonds is 3. The second kappa shape index (κ2) is 4.68. The standard InChI is InChI=1S/C11H15N5OS/c1-6-4-8-9(13-7-2-3-17-5-7)14-11(16-12)15-10(8)18-6/h4,7H,2-3,5,12H2,1H3,(H2,13,14,15,16). The van der Waals surface area contributed by atoms with Gasteiger partial charge in [0.2, 0.25) is 5.95 Å². The lowest BCUT2D eigenvalue weighted by molar-refractivity contribution is 0.195. The van der Waals surface area contributed by atoms with E-state index in [2.05, 4.69) is 33.7 Å². The number of hydrogen-bond donors (Lipinski definition) is 3. The van der Waals surface area contributed by atoms with E-state index in [0.29, 0.717) is 12.0 Å². The van der Waals surface area contributed by atoms with Gasteiger partial charge in [-0.3, -0.25) is 5.43 Å². The highest BCUT2D eigenvalue weighted by atomic mass is 32.1. The topological polar surface area (TPSA) is 85.1 Å². The molecule has 1 aliphatic rings. The molecule has 1 fully saturated rings. The fourth-order valence-electron chi connectivity index (χ4n) is 2.06. The van der Waals surface area contributed by atoms with Crippen molar-refractivity contribution in [3.05, 3.63) is 10.9 Å². The molecule has 0 saturated carbocycles. The Hall–Kier alpha value is -1.44. The third kappa shape index (κ3) is 2.12. The molecule has 0 amide bonds. The minimum atomic E-state index is 0.314. The van der Waals surface area contributed by atoms with Crippen LogP contribution in [0.5, 0.6) is 0 Å². The summed E-state index contributed by atoms with van der Waals surface area (Å²) in [6, 6.07) is 2.41. The fourth-order valence-corrected chi connectivity index (χ4v) is 2.94. The summed E-state index contributed by atoms with van der Waals surface area (Å²) < 4.78 is 5.36. The Kier molecular flexibility index (Phi) is 3.02. The zero-order chi connectivity index (χ0) is 12.5. The van der Waals surface area contributed by atoms with Gasteiger partial charge in [-0.2, -0.15) is 4.98 Å². The van der Waals surface area contributed by atoms with Gasteiger partial charge >= 0.3 is 0 Å². The van der Waals surface area contributed by atoms with Gasteiger partial charge in [-0.15, -0.1) is 11.3 Å². The number of fused-ring (bicyclic) bond motifs is 1. The molecule has 0 bridgehead atoms. The van der Waals surface area contributed by atoms with E-state index in [0.717, 1.165) is 35.7 Å². The summed E-state index contributed by atoms with van der Waals surface area (Å²) in [4.78, 5) is 10.9. The molecule has 96 valence electrons. The van der Waals surface area contributed by atoms with Gasteiger partial charge in [-0.1, -0.05) is 0 Å². The van der Waals surface area contributed by atoms with Crippen molar-refractivity contribution in [3.63, 3.8) is 0 Å².